The second-order valence-electron chi connectivity index (χ2n) is 2.40. The predicted octanol–water partition coefficient (Wildman–Crippen LogP) is 2.81. The summed E-state index contributed by atoms with van der Waals surface area (Å²) in [5.41, 5.74) is 0.956. The van der Waals surface area contributed by atoms with Gasteiger partial charge in [-0.1, -0.05) is 44.1 Å². The fourth-order valence-corrected chi connectivity index (χ4v) is 0.699. The lowest BCUT2D eigenvalue weighted by Crippen LogP contribution is -1.83. The van der Waals surface area contributed by atoms with Gasteiger partial charge in [-0.25, -0.2) is 0 Å². The van der Waals surface area contributed by atoms with E-state index in [1.807, 2.05) is 13.8 Å². The highest BCUT2D eigenvalue weighted by Gasteiger charge is 1.93. The van der Waals surface area contributed by atoms with Gasteiger partial charge in [-0.2, -0.15) is 0 Å². The largest absolute Gasteiger partial charge is 0.0626 e. The molecular weight excluding hydrogens is 108 g/mol. The van der Waals surface area contributed by atoms with E-state index >= 15 is 0 Å². The van der Waals surface area contributed by atoms with Crippen LogP contribution in [0.1, 0.15) is 28.1 Å². The highest BCUT2D eigenvalue weighted by atomic mass is 14.0. The summed E-state index contributed by atoms with van der Waals surface area (Å²) in [5.74, 6) is 0.341. The second kappa shape index (κ2) is 2.67. The molecule has 0 saturated carbocycles. The molecule has 1 aromatic rings. The van der Waals surface area contributed by atoms with Gasteiger partial charge in [-0.3, -0.25) is 0 Å². The number of hydrogen-bond acceptors (Lipinski definition) is 0. The Labute approximate surface area is 59.3 Å². The first kappa shape index (κ1) is 4.10. The second-order valence-corrected chi connectivity index (χ2v) is 2.40. The first-order chi connectivity index (χ1) is 5.11. The van der Waals surface area contributed by atoms with Crippen LogP contribution in [0.3, 0.4) is 0 Å². The summed E-state index contributed by atoms with van der Waals surface area (Å²) in [5, 5.41) is 0. The maximum atomic E-state index is 7.51. The van der Waals surface area contributed by atoms with E-state index in [2.05, 4.69) is 0 Å². The average Bonchev–Trinajstić information content (AvgIpc) is 1.94. The molecule has 0 nitrogen and oxygen atoms in total. The normalized spacial score (nSPS) is 13.2. The molecule has 0 aliphatic heterocycles. The molecule has 0 aliphatic carbocycles. The lowest BCUT2D eigenvalue weighted by Gasteiger charge is -2.01. The van der Waals surface area contributed by atoms with Gasteiger partial charge in [0.25, 0.3) is 0 Å². The zero-order valence-electron chi connectivity index (χ0n) is 7.81. The third kappa shape index (κ3) is 1.56. The number of hydrogen-bond donors (Lipinski definition) is 0. The van der Waals surface area contributed by atoms with Crippen LogP contribution < -0.4 is 0 Å². The highest BCUT2D eigenvalue weighted by Crippen LogP contribution is 2.11. The fraction of sp³-hybridized carbons (Fsp3) is 0.333. The van der Waals surface area contributed by atoms with Crippen molar-refractivity contribution in [3.8, 4) is 0 Å². The zero-order valence-corrected chi connectivity index (χ0v) is 5.81. The first-order valence-corrected chi connectivity index (χ1v) is 3.18. The Bertz CT molecular complexity index is 254. The summed E-state index contributed by atoms with van der Waals surface area (Å²) in [7, 11) is 0. The summed E-state index contributed by atoms with van der Waals surface area (Å²) in [4.78, 5) is 0. The van der Waals surface area contributed by atoms with Gasteiger partial charge in [0.05, 0.1) is 2.74 Å². The molecule has 0 spiro atoms. The van der Waals surface area contributed by atoms with E-state index in [0.717, 1.165) is 5.56 Å². The van der Waals surface area contributed by atoms with E-state index in [1.165, 1.54) is 0 Å². The van der Waals surface area contributed by atoms with Gasteiger partial charge in [-0.05, 0) is 11.5 Å². The van der Waals surface area contributed by atoms with Gasteiger partial charge in [0.15, 0.2) is 0 Å². The third-order valence-electron chi connectivity index (χ3n) is 1.29. The van der Waals surface area contributed by atoms with Crippen molar-refractivity contribution in [2.45, 2.75) is 19.8 Å². The monoisotopic (exact) mass is 122 g/mol. The van der Waals surface area contributed by atoms with Crippen LogP contribution in [0.5, 0.6) is 0 Å². The predicted molar refractivity (Wildman–Crippen MR) is 40.5 cm³/mol. The van der Waals surface area contributed by atoms with Gasteiger partial charge in [0.2, 0.25) is 0 Å². The minimum atomic E-state index is 0.341. The molecule has 0 N–H and O–H groups in total. The molecule has 1 aromatic carbocycles. The van der Waals surface area contributed by atoms with Crippen LogP contribution in [-0.4, -0.2) is 0 Å². The van der Waals surface area contributed by atoms with Crippen molar-refractivity contribution in [2.24, 2.45) is 0 Å². The molecule has 0 aromatic heterocycles. The molecule has 0 heteroatoms. The minimum absolute atomic E-state index is 0.341. The average molecular weight is 122 g/mol. The van der Waals surface area contributed by atoms with Crippen LogP contribution in [0.2, 0.25) is 0 Å². The molecule has 9 heavy (non-hydrogen) atoms. The Balaban J connectivity index is 3.13. The van der Waals surface area contributed by atoms with Crippen LogP contribution >= 0.6 is 0 Å². The summed E-state index contributed by atoms with van der Waals surface area (Å²) >= 11 is 0. The van der Waals surface area contributed by atoms with E-state index in [4.69, 9.17) is 2.74 Å². The molecule has 48 valence electrons. The Hall–Kier alpha value is -0.780. The van der Waals surface area contributed by atoms with E-state index in [0.29, 0.717) is 18.0 Å². The zero-order chi connectivity index (χ0) is 8.43. The molecular formula is C9H12. The van der Waals surface area contributed by atoms with Crippen molar-refractivity contribution in [3.63, 3.8) is 0 Å². The van der Waals surface area contributed by atoms with Crippen molar-refractivity contribution >= 4 is 0 Å². The van der Waals surface area contributed by atoms with Crippen LogP contribution in [0.15, 0.2) is 30.3 Å². The summed E-state index contributed by atoms with van der Waals surface area (Å²) < 4.78 is 14.9. The lowest BCUT2D eigenvalue weighted by molar-refractivity contribution is 0.867. The Morgan fingerprint density at radius 1 is 1.44 bits per heavy atom. The maximum Gasteiger partial charge on any atom is 0.0626 e. The van der Waals surface area contributed by atoms with Gasteiger partial charge in [0, 0.05) is 0 Å². The molecule has 0 fully saturated rings. The van der Waals surface area contributed by atoms with Crippen LogP contribution in [-0.2, 0) is 0 Å². The van der Waals surface area contributed by atoms with Crippen LogP contribution in [0.25, 0.3) is 0 Å². The van der Waals surface area contributed by atoms with Crippen molar-refractivity contribution in [2.75, 3.05) is 0 Å². The van der Waals surface area contributed by atoms with Crippen LogP contribution in [0.4, 0.5) is 0 Å². The van der Waals surface area contributed by atoms with E-state index in [1.54, 1.807) is 18.2 Å². The van der Waals surface area contributed by atoms with E-state index < -0.39 is 0 Å². The first-order valence-electron chi connectivity index (χ1n) is 4.18. The smallest absolute Gasteiger partial charge is 0.0622 e. The van der Waals surface area contributed by atoms with Crippen LogP contribution in [0, 0.1) is 0 Å². The maximum absolute atomic E-state index is 7.51. The molecule has 1 rings (SSSR count). The summed E-state index contributed by atoms with van der Waals surface area (Å²) in [6, 6.07) is 6.11. The quantitative estimate of drug-likeness (QED) is 0.537. The van der Waals surface area contributed by atoms with Gasteiger partial charge >= 0.3 is 0 Å². The van der Waals surface area contributed by atoms with Crippen molar-refractivity contribution in [1.29, 1.82) is 0 Å². The van der Waals surface area contributed by atoms with Crippen molar-refractivity contribution in [3.05, 3.63) is 35.8 Å². The van der Waals surface area contributed by atoms with E-state index in [9.17, 15) is 0 Å². The van der Waals surface area contributed by atoms with Crippen molar-refractivity contribution in [1.82, 2.24) is 0 Å². The molecule has 0 aliphatic rings. The van der Waals surface area contributed by atoms with E-state index in [-0.39, 0.29) is 0 Å². The Kier molecular flexibility index (Phi) is 1.22. The SMILES string of the molecule is [2H]c1ccc([2H])c(C(C)C)c1. The summed E-state index contributed by atoms with van der Waals surface area (Å²) in [6.45, 7) is 4.07. The number of benzene rings is 1. The molecule has 0 radical (unpaired) electrons. The standard InChI is InChI=1S/C9H12/c1-8(2)9-6-4-3-5-7-9/h3-8H,1-2H3/i4D,7D. The van der Waals surface area contributed by atoms with Crippen molar-refractivity contribution < 1.29 is 2.74 Å². The number of rotatable bonds is 1. The molecule has 0 heterocycles. The Morgan fingerprint density at radius 2 is 2.22 bits per heavy atom. The molecule has 0 amide bonds. The molecule has 0 saturated heterocycles. The topological polar surface area (TPSA) is 0 Å². The molecule has 0 unspecified atom stereocenters. The minimum Gasteiger partial charge on any atom is -0.0622 e. The fourth-order valence-electron chi connectivity index (χ4n) is 0.699. The van der Waals surface area contributed by atoms with Gasteiger partial charge in [-0.15, -0.1) is 0 Å². The lowest BCUT2D eigenvalue weighted by atomic mass is 10.0. The van der Waals surface area contributed by atoms with Gasteiger partial charge < -0.3 is 0 Å². The van der Waals surface area contributed by atoms with Gasteiger partial charge in [0.1, 0.15) is 0 Å². The Morgan fingerprint density at radius 3 is 2.78 bits per heavy atom. The third-order valence-corrected chi connectivity index (χ3v) is 1.29. The molecule has 0 bridgehead atoms. The summed E-state index contributed by atoms with van der Waals surface area (Å²) in [6.07, 6.45) is 0. The molecule has 0 atom stereocenters. The highest BCUT2D eigenvalue weighted by molar-refractivity contribution is 5.17.